The molecule has 3 amide bonds. The average Bonchev–Trinajstić information content (AvgIpc) is 3.28. The van der Waals surface area contributed by atoms with E-state index in [1.807, 2.05) is 25.1 Å². The molecule has 0 radical (unpaired) electrons. The fourth-order valence-electron chi connectivity index (χ4n) is 2.70. The number of nitrogens with zero attached hydrogens (tertiary/aromatic N) is 5. The molecule has 26 heavy (non-hydrogen) atoms. The summed E-state index contributed by atoms with van der Waals surface area (Å²) < 4.78 is 0. The van der Waals surface area contributed by atoms with Gasteiger partial charge in [-0.15, -0.1) is 0 Å². The van der Waals surface area contributed by atoms with Crippen molar-refractivity contribution in [2.75, 3.05) is 31.6 Å². The highest BCUT2D eigenvalue weighted by atomic mass is 32.1. The highest BCUT2D eigenvalue weighted by molar-refractivity contribution is 7.17. The van der Waals surface area contributed by atoms with Crippen LogP contribution in [-0.2, 0) is 6.54 Å². The number of hydrogen-bond acceptors (Lipinski definition) is 5. The van der Waals surface area contributed by atoms with Crippen molar-refractivity contribution in [2.45, 2.75) is 13.5 Å². The van der Waals surface area contributed by atoms with E-state index in [0.29, 0.717) is 41.8 Å². The maximum absolute atomic E-state index is 12.7. The van der Waals surface area contributed by atoms with Crippen molar-refractivity contribution in [3.63, 3.8) is 0 Å². The maximum atomic E-state index is 12.7. The Hall–Kier alpha value is -2.92. The molecule has 1 aromatic heterocycles. The van der Waals surface area contributed by atoms with Gasteiger partial charge in [-0.2, -0.15) is 5.26 Å². The van der Waals surface area contributed by atoms with Crippen molar-refractivity contribution in [2.24, 2.45) is 0 Å². The van der Waals surface area contributed by atoms with Crippen LogP contribution in [0.3, 0.4) is 0 Å². The van der Waals surface area contributed by atoms with Crippen molar-refractivity contribution >= 4 is 28.4 Å². The molecule has 0 atom stereocenters. The predicted octanol–water partition coefficient (Wildman–Crippen LogP) is 2.55. The summed E-state index contributed by atoms with van der Waals surface area (Å²) in [7, 11) is 1.73. The fourth-order valence-corrected chi connectivity index (χ4v) is 3.63. The van der Waals surface area contributed by atoms with Gasteiger partial charge < -0.3 is 9.80 Å². The normalized spacial score (nSPS) is 13.8. The molecule has 1 fully saturated rings. The van der Waals surface area contributed by atoms with Gasteiger partial charge in [-0.1, -0.05) is 29.5 Å². The lowest BCUT2D eigenvalue weighted by Gasteiger charge is -2.17. The third kappa shape index (κ3) is 3.39. The zero-order valence-corrected chi connectivity index (χ0v) is 15.5. The number of anilines is 1. The molecule has 0 N–H and O–H groups in total. The minimum absolute atomic E-state index is 0.0947. The molecule has 0 unspecified atom stereocenters. The van der Waals surface area contributed by atoms with Crippen molar-refractivity contribution < 1.29 is 9.59 Å². The molecule has 8 heteroatoms. The summed E-state index contributed by atoms with van der Waals surface area (Å²) in [5.74, 6) is -0.0947. The van der Waals surface area contributed by atoms with Crippen LogP contribution >= 0.6 is 11.3 Å². The number of urea groups is 1. The summed E-state index contributed by atoms with van der Waals surface area (Å²) in [5, 5.41) is 9.73. The molecule has 1 saturated heterocycles. The van der Waals surface area contributed by atoms with Gasteiger partial charge in [0.05, 0.1) is 17.8 Å². The Bertz CT molecular complexity index is 872. The van der Waals surface area contributed by atoms with E-state index in [0.717, 1.165) is 5.56 Å². The fraction of sp³-hybridized carbons (Fsp3) is 0.333. The topological polar surface area (TPSA) is 80.5 Å². The summed E-state index contributed by atoms with van der Waals surface area (Å²) in [4.78, 5) is 34.6. The van der Waals surface area contributed by atoms with Crippen molar-refractivity contribution in [3.8, 4) is 6.07 Å². The molecule has 134 valence electrons. The zero-order chi connectivity index (χ0) is 18.7. The van der Waals surface area contributed by atoms with Crippen LogP contribution in [-0.4, -0.2) is 53.4 Å². The number of rotatable bonds is 5. The van der Waals surface area contributed by atoms with Gasteiger partial charge >= 0.3 is 6.03 Å². The van der Waals surface area contributed by atoms with Crippen LogP contribution in [0.4, 0.5) is 9.93 Å². The molecule has 3 rings (SSSR count). The Balaban J connectivity index is 1.73. The number of amides is 3. The lowest BCUT2D eigenvalue weighted by atomic mass is 10.1. The van der Waals surface area contributed by atoms with Gasteiger partial charge in [0.2, 0.25) is 0 Å². The number of nitriles is 1. The van der Waals surface area contributed by atoms with E-state index >= 15 is 0 Å². The van der Waals surface area contributed by atoms with E-state index in [1.165, 1.54) is 17.5 Å². The summed E-state index contributed by atoms with van der Waals surface area (Å²) in [5.41, 5.74) is 1.40. The largest absolute Gasteiger partial charge is 0.341 e. The SMILES string of the molecule is CCN(C)C(=O)c1cnc(N2CCN(Cc3ccccc3C#N)C2=O)s1. The summed E-state index contributed by atoms with van der Waals surface area (Å²) >= 11 is 1.23. The first-order chi connectivity index (χ1) is 12.5. The third-order valence-corrected chi connectivity index (χ3v) is 5.36. The summed E-state index contributed by atoms with van der Waals surface area (Å²) in [6.07, 6.45) is 1.52. The molecule has 7 nitrogen and oxygen atoms in total. The highest BCUT2D eigenvalue weighted by Crippen LogP contribution is 2.27. The second kappa shape index (κ2) is 7.54. The van der Waals surface area contributed by atoms with Gasteiger partial charge in [0.1, 0.15) is 4.88 Å². The van der Waals surface area contributed by atoms with Crippen LogP contribution in [0.15, 0.2) is 30.5 Å². The Morgan fingerprint density at radius 2 is 2.15 bits per heavy atom. The molecular weight excluding hydrogens is 350 g/mol. The molecule has 2 heterocycles. The van der Waals surface area contributed by atoms with Gasteiger partial charge in [0.15, 0.2) is 5.13 Å². The second-order valence-corrected chi connectivity index (χ2v) is 6.96. The van der Waals surface area contributed by atoms with E-state index < -0.39 is 0 Å². The van der Waals surface area contributed by atoms with Gasteiger partial charge in [-0.3, -0.25) is 9.69 Å². The Kier molecular flexibility index (Phi) is 5.19. The predicted molar refractivity (Wildman–Crippen MR) is 99.1 cm³/mol. The molecule has 1 aliphatic heterocycles. The smallest absolute Gasteiger partial charge is 0.326 e. The van der Waals surface area contributed by atoms with Crippen LogP contribution in [0.1, 0.15) is 27.7 Å². The molecule has 0 bridgehead atoms. The third-order valence-electron chi connectivity index (χ3n) is 4.35. The zero-order valence-electron chi connectivity index (χ0n) is 14.7. The first-order valence-corrected chi connectivity index (χ1v) is 9.12. The lowest BCUT2D eigenvalue weighted by molar-refractivity contribution is 0.0807. The van der Waals surface area contributed by atoms with Crippen molar-refractivity contribution in [3.05, 3.63) is 46.5 Å². The van der Waals surface area contributed by atoms with Crippen LogP contribution in [0.2, 0.25) is 0 Å². The Morgan fingerprint density at radius 3 is 2.88 bits per heavy atom. The molecule has 0 spiro atoms. The first-order valence-electron chi connectivity index (χ1n) is 8.31. The standard InChI is InChI=1S/C18H19N5O2S/c1-3-21(2)16(24)15-11-20-17(26-15)23-9-8-22(18(23)25)12-14-7-5-4-6-13(14)10-19/h4-7,11H,3,8-9,12H2,1-2H3. The lowest BCUT2D eigenvalue weighted by Crippen LogP contribution is -2.31. The molecule has 1 aromatic carbocycles. The molecule has 0 saturated carbocycles. The van der Waals surface area contributed by atoms with E-state index in [9.17, 15) is 14.9 Å². The summed E-state index contributed by atoms with van der Waals surface area (Å²) in [6, 6.07) is 9.27. The Labute approximate surface area is 156 Å². The summed E-state index contributed by atoms with van der Waals surface area (Å²) in [6.45, 7) is 3.96. The number of carbonyl (C=O) groups is 2. The number of carbonyl (C=O) groups excluding carboxylic acids is 2. The average molecular weight is 369 g/mol. The second-order valence-electron chi connectivity index (χ2n) is 5.95. The minimum Gasteiger partial charge on any atom is -0.341 e. The van der Waals surface area contributed by atoms with E-state index in [2.05, 4.69) is 11.1 Å². The number of aromatic nitrogens is 1. The number of benzene rings is 1. The van der Waals surface area contributed by atoms with Crippen molar-refractivity contribution in [1.29, 1.82) is 5.26 Å². The molecule has 0 aliphatic carbocycles. The molecule has 2 aromatic rings. The minimum atomic E-state index is -0.157. The monoisotopic (exact) mass is 369 g/mol. The quantitative estimate of drug-likeness (QED) is 0.811. The van der Waals surface area contributed by atoms with Crippen LogP contribution in [0.25, 0.3) is 0 Å². The highest BCUT2D eigenvalue weighted by Gasteiger charge is 2.32. The molecular formula is C18H19N5O2S. The van der Waals surface area contributed by atoms with E-state index in [1.54, 1.807) is 27.8 Å². The number of hydrogen-bond donors (Lipinski definition) is 0. The first kappa shape index (κ1) is 17.9. The van der Waals surface area contributed by atoms with Crippen molar-refractivity contribution in [1.82, 2.24) is 14.8 Å². The van der Waals surface area contributed by atoms with E-state index in [4.69, 9.17) is 0 Å². The van der Waals surface area contributed by atoms with Crippen LogP contribution in [0, 0.1) is 11.3 Å². The Morgan fingerprint density at radius 1 is 1.38 bits per heavy atom. The van der Waals surface area contributed by atoms with E-state index in [-0.39, 0.29) is 11.9 Å². The van der Waals surface area contributed by atoms with Crippen LogP contribution < -0.4 is 4.90 Å². The van der Waals surface area contributed by atoms with Gasteiger partial charge in [-0.25, -0.2) is 9.78 Å². The maximum Gasteiger partial charge on any atom is 0.326 e. The van der Waals surface area contributed by atoms with Gasteiger partial charge in [0, 0.05) is 33.2 Å². The molecule has 1 aliphatic rings. The number of thiazole rings is 1. The van der Waals surface area contributed by atoms with Gasteiger partial charge in [-0.05, 0) is 18.6 Å². The van der Waals surface area contributed by atoms with Crippen LogP contribution in [0.5, 0.6) is 0 Å². The van der Waals surface area contributed by atoms with Gasteiger partial charge in [0.25, 0.3) is 5.91 Å².